The Labute approximate surface area is 413 Å². The van der Waals surface area contributed by atoms with Gasteiger partial charge in [0.15, 0.2) is 6.10 Å². The lowest BCUT2D eigenvalue weighted by Crippen LogP contribution is -2.30. The molecule has 0 aromatic rings. The zero-order valence-electron chi connectivity index (χ0n) is 43.6. The van der Waals surface area contributed by atoms with Crippen LogP contribution in [0.15, 0.2) is 97.2 Å². The summed E-state index contributed by atoms with van der Waals surface area (Å²) in [7, 11) is 0. The number of unbranched alkanes of at least 4 members (excludes halogenated alkanes) is 29. The van der Waals surface area contributed by atoms with E-state index in [1.165, 1.54) is 154 Å². The van der Waals surface area contributed by atoms with Crippen LogP contribution in [0.4, 0.5) is 0 Å². The van der Waals surface area contributed by atoms with Crippen molar-refractivity contribution >= 4 is 17.9 Å². The average molecular weight is 931 g/mol. The van der Waals surface area contributed by atoms with Gasteiger partial charge in [0.05, 0.1) is 0 Å². The number of hydrogen-bond acceptors (Lipinski definition) is 6. The van der Waals surface area contributed by atoms with Gasteiger partial charge in [0, 0.05) is 18.9 Å². The van der Waals surface area contributed by atoms with E-state index in [0.717, 1.165) is 70.6 Å². The number of rotatable bonds is 49. The molecule has 0 aromatic carbocycles. The first-order valence-corrected chi connectivity index (χ1v) is 27.8. The van der Waals surface area contributed by atoms with Gasteiger partial charge >= 0.3 is 17.9 Å². The summed E-state index contributed by atoms with van der Waals surface area (Å²) in [6.45, 7) is 6.45. The Bertz CT molecular complexity index is 1350. The van der Waals surface area contributed by atoms with Crippen LogP contribution in [0.25, 0.3) is 0 Å². The summed E-state index contributed by atoms with van der Waals surface area (Å²) in [5, 5.41) is 0. The van der Waals surface area contributed by atoms with E-state index in [4.69, 9.17) is 14.2 Å². The summed E-state index contributed by atoms with van der Waals surface area (Å²) in [5.41, 5.74) is 0. The molecule has 0 aliphatic heterocycles. The predicted octanol–water partition coefficient (Wildman–Crippen LogP) is 18.5. The topological polar surface area (TPSA) is 78.9 Å². The molecule has 1 atom stereocenters. The van der Waals surface area contributed by atoms with Gasteiger partial charge in [0.2, 0.25) is 0 Å². The Morgan fingerprint density at radius 1 is 0.328 bits per heavy atom. The molecule has 0 rings (SSSR count). The first kappa shape index (κ1) is 63.3. The Balaban J connectivity index is 4.62. The van der Waals surface area contributed by atoms with E-state index in [9.17, 15) is 14.4 Å². The van der Waals surface area contributed by atoms with E-state index in [-0.39, 0.29) is 31.6 Å². The van der Waals surface area contributed by atoms with E-state index in [2.05, 4.69) is 57.2 Å². The highest BCUT2D eigenvalue weighted by Crippen LogP contribution is 2.14. The van der Waals surface area contributed by atoms with Crippen molar-refractivity contribution in [3.05, 3.63) is 97.2 Å². The number of hydrogen-bond donors (Lipinski definition) is 0. The molecule has 6 nitrogen and oxygen atoms in total. The number of esters is 3. The molecule has 0 aliphatic carbocycles. The van der Waals surface area contributed by atoms with Gasteiger partial charge in [-0.25, -0.2) is 4.79 Å². The highest BCUT2D eigenvalue weighted by Gasteiger charge is 2.19. The molecule has 0 saturated heterocycles. The number of carbonyl (C=O) groups is 3. The molecule has 0 spiro atoms. The van der Waals surface area contributed by atoms with E-state index in [1.807, 2.05) is 42.5 Å². The molecule has 0 bridgehead atoms. The fourth-order valence-corrected chi connectivity index (χ4v) is 7.56. The van der Waals surface area contributed by atoms with Gasteiger partial charge in [-0.15, -0.1) is 0 Å². The Morgan fingerprint density at radius 2 is 0.642 bits per heavy atom. The number of carbonyl (C=O) groups excluding carboxylic acids is 3. The van der Waals surface area contributed by atoms with Crippen molar-refractivity contribution in [1.29, 1.82) is 0 Å². The van der Waals surface area contributed by atoms with Crippen LogP contribution in [-0.2, 0) is 28.6 Å². The van der Waals surface area contributed by atoms with Crippen LogP contribution in [0.2, 0.25) is 0 Å². The zero-order valence-corrected chi connectivity index (χ0v) is 43.6. The van der Waals surface area contributed by atoms with Crippen LogP contribution in [-0.4, -0.2) is 37.2 Å². The molecule has 6 heteroatoms. The van der Waals surface area contributed by atoms with Gasteiger partial charge in [0.25, 0.3) is 0 Å². The minimum absolute atomic E-state index is 0.137. The average Bonchev–Trinajstić information content (AvgIpc) is 3.33. The Kier molecular flexibility index (Phi) is 51.9. The van der Waals surface area contributed by atoms with Crippen molar-refractivity contribution in [2.75, 3.05) is 13.2 Å². The molecule has 0 radical (unpaired) electrons. The fraction of sp³-hybridized carbons (Fsp3) is 0.689. The van der Waals surface area contributed by atoms with E-state index in [0.29, 0.717) is 6.42 Å². The van der Waals surface area contributed by atoms with E-state index in [1.54, 1.807) is 12.2 Å². The van der Waals surface area contributed by atoms with Gasteiger partial charge in [-0.2, -0.15) is 0 Å². The first-order chi connectivity index (χ1) is 33.0. The smallest absolute Gasteiger partial charge is 0.330 e. The maximum absolute atomic E-state index is 12.8. The molecule has 0 N–H and O–H groups in total. The van der Waals surface area contributed by atoms with Crippen molar-refractivity contribution in [1.82, 2.24) is 0 Å². The second-order valence-corrected chi connectivity index (χ2v) is 18.3. The summed E-state index contributed by atoms with van der Waals surface area (Å²) in [6, 6.07) is 0. The van der Waals surface area contributed by atoms with Crippen molar-refractivity contribution in [3.8, 4) is 0 Å². The molecule has 0 amide bonds. The van der Waals surface area contributed by atoms with Crippen LogP contribution >= 0.6 is 0 Å². The maximum Gasteiger partial charge on any atom is 0.330 e. The van der Waals surface area contributed by atoms with Crippen molar-refractivity contribution in [2.45, 2.75) is 258 Å². The van der Waals surface area contributed by atoms with Gasteiger partial charge in [-0.05, 0) is 77.0 Å². The Hall–Kier alpha value is -3.67. The van der Waals surface area contributed by atoms with Gasteiger partial charge in [0.1, 0.15) is 13.2 Å². The lowest BCUT2D eigenvalue weighted by molar-refractivity contribution is -0.165. The molecular weight excluding hydrogens is 829 g/mol. The van der Waals surface area contributed by atoms with Gasteiger partial charge in [-0.3, -0.25) is 9.59 Å². The second kappa shape index (κ2) is 54.9. The standard InChI is InChI=1S/C61H102O6/c1-4-7-10-13-16-19-22-25-28-29-30-31-34-36-39-42-45-48-51-54-60(63)66-57-58(67-61(64)55-52-49-46-43-40-37-33-27-24-21-18-15-12-9-6-3)56-65-59(62)53-50-47-44-41-38-35-32-26-23-20-17-14-11-8-5-2/h26-34,36,39,42,45,48,51,54,58H,4-25,35,37-38,40-41,43-44,46-47,49-50,52-53,55-57H2,1-3H3/b29-28?,31-30?,32-26-,33-27-,36-34?,42-39?,48-45?,54-51?. The summed E-state index contributed by atoms with van der Waals surface area (Å²) in [6.07, 6.45) is 73.1. The van der Waals surface area contributed by atoms with Gasteiger partial charge < -0.3 is 14.2 Å². The largest absolute Gasteiger partial charge is 0.462 e. The van der Waals surface area contributed by atoms with Crippen LogP contribution in [0.5, 0.6) is 0 Å². The summed E-state index contributed by atoms with van der Waals surface area (Å²) < 4.78 is 16.6. The van der Waals surface area contributed by atoms with Crippen LogP contribution in [0, 0.1) is 0 Å². The predicted molar refractivity (Wildman–Crippen MR) is 288 cm³/mol. The van der Waals surface area contributed by atoms with Crippen LogP contribution in [0.1, 0.15) is 252 Å². The third-order valence-electron chi connectivity index (χ3n) is 11.8. The Morgan fingerprint density at radius 3 is 1.06 bits per heavy atom. The van der Waals surface area contributed by atoms with E-state index < -0.39 is 12.1 Å². The molecule has 382 valence electrons. The molecule has 67 heavy (non-hydrogen) atoms. The number of allylic oxidation sites excluding steroid dienone is 15. The lowest BCUT2D eigenvalue weighted by Gasteiger charge is -2.18. The first-order valence-electron chi connectivity index (χ1n) is 27.8. The maximum atomic E-state index is 12.8. The molecule has 0 fully saturated rings. The molecule has 0 saturated carbocycles. The summed E-state index contributed by atoms with van der Waals surface area (Å²) >= 11 is 0. The highest BCUT2D eigenvalue weighted by atomic mass is 16.6. The monoisotopic (exact) mass is 931 g/mol. The molecule has 0 aromatic heterocycles. The minimum Gasteiger partial charge on any atom is -0.462 e. The third kappa shape index (κ3) is 53.2. The molecular formula is C61H102O6. The quantitative estimate of drug-likeness (QED) is 0.0151. The van der Waals surface area contributed by atoms with Crippen LogP contribution < -0.4 is 0 Å². The number of ether oxygens (including phenoxy) is 3. The lowest BCUT2D eigenvalue weighted by atomic mass is 10.1. The van der Waals surface area contributed by atoms with Crippen molar-refractivity contribution < 1.29 is 28.6 Å². The van der Waals surface area contributed by atoms with Gasteiger partial charge in [-0.1, -0.05) is 253 Å². The minimum atomic E-state index is -0.856. The van der Waals surface area contributed by atoms with E-state index >= 15 is 0 Å². The zero-order chi connectivity index (χ0) is 48.6. The molecule has 1 unspecified atom stereocenters. The van der Waals surface area contributed by atoms with Crippen LogP contribution in [0.3, 0.4) is 0 Å². The van der Waals surface area contributed by atoms with Crippen molar-refractivity contribution in [3.63, 3.8) is 0 Å². The fourth-order valence-electron chi connectivity index (χ4n) is 7.56. The molecule has 0 aliphatic rings. The summed E-state index contributed by atoms with van der Waals surface area (Å²) in [5.74, 6) is -1.24. The summed E-state index contributed by atoms with van der Waals surface area (Å²) in [4.78, 5) is 37.9. The normalized spacial score (nSPS) is 12.8. The highest BCUT2D eigenvalue weighted by molar-refractivity contribution is 5.82. The SMILES string of the molecule is CCCCCCCC/C=C\CCCCCCCC(=O)OCC(COC(=O)C=CC=CC=CC=CC=CC=CCCCCCCCCC)OC(=O)CCCCCCC/C=C\CCCCCCCC. The second-order valence-electron chi connectivity index (χ2n) is 18.3. The van der Waals surface area contributed by atoms with Crippen molar-refractivity contribution in [2.24, 2.45) is 0 Å². The third-order valence-corrected chi connectivity index (χ3v) is 11.8. The molecule has 0 heterocycles.